The number of hydrogen-bond donors (Lipinski definition) is 2. The third-order valence-electron chi connectivity index (χ3n) is 12.5. The molecular weight excluding hydrogens is 975 g/mol. The number of imide groups is 1. The Kier molecular flexibility index (Phi) is 15.5. The second kappa shape index (κ2) is 21.9. The van der Waals surface area contributed by atoms with Crippen LogP contribution in [0.2, 0.25) is 0 Å². The summed E-state index contributed by atoms with van der Waals surface area (Å²) in [5.74, 6) is -5.18. The van der Waals surface area contributed by atoms with Gasteiger partial charge in [0.05, 0.1) is 15.1 Å². The second-order valence-corrected chi connectivity index (χ2v) is 20.2. The number of thiocarbonyl (C=S) groups is 1. The first-order valence-corrected chi connectivity index (χ1v) is 24.7. The van der Waals surface area contributed by atoms with Crippen LogP contribution in [-0.2, 0) is 59.9 Å². The molecule has 2 N–H and O–H groups in total. The molecule has 5 aromatic rings. The van der Waals surface area contributed by atoms with E-state index in [0.717, 1.165) is 25.0 Å². The topological polar surface area (TPSA) is 199 Å². The lowest BCUT2D eigenvalue weighted by Crippen LogP contribution is -2.77. The molecule has 17 nitrogen and oxygen atoms in total. The second-order valence-electron chi connectivity index (χ2n) is 18.1. The molecule has 0 radical (unpaired) electrons. The summed E-state index contributed by atoms with van der Waals surface area (Å²) in [6, 6.07) is 34.3. The van der Waals surface area contributed by atoms with E-state index in [0.29, 0.717) is 32.5 Å². The van der Waals surface area contributed by atoms with Crippen molar-refractivity contribution < 1.29 is 57.2 Å². The lowest BCUT2D eigenvalue weighted by molar-refractivity contribution is -0.165. The first-order chi connectivity index (χ1) is 34.9. The molecule has 5 aromatic carbocycles. The Hall–Kier alpha value is -7.77. The highest BCUT2D eigenvalue weighted by Crippen LogP contribution is 2.58. The summed E-state index contributed by atoms with van der Waals surface area (Å²) in [5, 5.41) is 5.17. The van der Waals surface area contributed by atoms with Gasteiger partial charge in [-0.1, -0.05) is 122 Å². The summed E-state index contributed by atoms with van der Waals surface area (Å²) < 4.78 is 27.9. The molecule has 3 aliphatic rings. The van der Waals surface area contributed by atoms with Gasteiger partial charge in [-0.25, -0.2) is 9.59 Å². The Morgan fingerprint density at radius 2 is 1.25 bits per heavy atom. The van der Waals surface area contributed by atoms with Crippen LogP contribution in [0.5, 0.6) is 23.0 Å². The van der Waals surface area contributed by atoms with E-state index in [1.54, 1.807) is 61.2 Å². The van der Waals surface area contributed by atoms with E-state index in [2.05, 4.69) is 10.6 Å². The van der Waals surface area contributed by atoms with Crippen LogP contribution < -0.4 is 29.6 Å². The van der Waals surface area contributed by atoms with E-state index >= 15 is 4.79 Å². The minimum Gasteiger partial charge on any atom is -0.485 e. The number of hydrogen-bond acceptors (Lipinski definition) is 14. The van der Waals surface area contributed by atoms with Crippen LogP contribution in [-0.4, -0.2) is 90.2 Å². The predicted octanol–water partition coefficient (Wildman–Crippen LogP) is 7.00. The maximum absolute atomic E-state index is 15.1. The molecule has 73 heavy (non-hydrogen) atoms. The van der Waals surface area contributed by atoms with E-state index in [4.69, 9.17) is 35.9 Å². The number of esters is 3. The standard InChI is InChI=1S/C54H53N5O12S2/c1-33-49(72)59-50(33)73-53(4,5)54(59,51(65)69-32-38-19-13-8-14-20-38)56-46(62)45(40-22-24-42(70-34(2)60)44(28-40)71-35(3)61)55-52(66)58-26-25-57(47(63)48(58)64)29-39-21-23-41(67-30-36-15-9-6-10-16-36)43(27-39)68-31-37-17-11-7-12-18-37/h6-24,27-28,33,45,50H,25-26,29-32H2,1-5H3,(H,55,66)(H,56,62)/t33-,45?,50-,54+/m1/s1. The van der Waals surface area contributed by atoms with Gasteiger partial charge >= 0.3 is 35.8 Å². The molecule has 3 saturated heterocycles. The lowest BCUT2D eigenvalue weighted by Gasteiger charge is -2.52. The zero-order valence-corrected chi connectivity index (χ0v) is 42.3. The molecule has 1 unspecified atom stereocenters. The first-order valence-electron chi connectivity index (χ1n) is 23.4. The Bertz CT molecular complexity index is 2940. The average molecular weight is 1030 g/mol. The molecule has 8 rings (SSSR count). The average Bonchev–Trinajstić information content (AvgIpc) is 3.59. The van der Waals surface area contributed by atoms with Gasteiger partial charge < -0.3 is 44.1 Å². The van der Waals surface area contributed by atoms with Gasteiger partial charge in [0.1, 0.15) is 25.9 Å². The number of benzene rings is 5. The van der Waals surface area contributed by atoms with Crippen LogP contribution >= 0.6 is 24.0 Å². The molecule has 3 fully saturated rings. The molecule has 378 valence electrons. The Morgan fingerprint density at radius 1 is 0.685 bits per heavy atom. The number of carbonyl (C=O) groups is 7. The first kappa shape index (κ1) is 51.6. The number of amides is 5. The molecule has 0 aromatic heterocycles. The maximum Gasteiger partial charge on any atom is 0.355 e. The van der Waals surface area contributed by atoms with E-state index in [1.807, 2.05) is 73.7 Å². The van der Waals surface area contributed by atoms with Crippen LogP contribution in [0.15, 0.2) is 127 Å². The molecule has 5 amide bonds. The van der Waals surface area contributed by atoms with Gasteiger partial charge in [0, 0.05) is 39.4 Å². The maximum atomic E-state index is 15.1. The molecule has 19 heteroatoms. The fourth-order valence-corrected chi connectivity index (χ4v) is 11.0. The van der Waals surface area contributed by atoms with Crippen molar-refractivity contribution in [1.29, 1.82) is 0 Å². The highest BCUT2D eigenvalue weighted by molar-refractivity contribution is 8.02. The van der Waals surface area contributed by atoms with Crippen molar-refractivity contribution in [2.24, 2.45) is 5.92 Å². The van der Waals surface area contributed by atoms with Crippen LogP contribution in [0.25, 0.3) is 0 Å². The summed E-state index contributed by atoms with van der Waals surface area (Å²) >= 11 is 7.23. The van der Waals surface area contributed by atoms with Gasteiger partial charge in [-0.15, -0.1) is 11.8 Å². The van der Waals surface area contributed by atoms with E-state index in [9.17, 15) is 28.8 Å². The van der Waals surface area contributed by atoms with Gasteiger partial charge in [0.15, 0.2) is 23.0 Å². The van der Waals surface area contributed by atoms with Crippen LogP contribution in [0.3, 0.4) is 0 Å². The van der Waals surface area contributed by atoms with Gasteiger partial charge in [0.2, 0.25) is 11.6 Å². The largest absolute Gasteiger partial charge is 0.485 e. The normalized spacial score (nSPS) is 19.2. The van der Waals surface area contributed by atoms with Crippen LogP contribution in [0.1, 0.15) is 68.5 Å². The Labute approximate surface area is 431 Å². The number of ether oxygens (including phenoxy) is 5. The molecule has 4 atom stereocenters. The van der Waals surface area contributed by atoms with E-state index in [-0.39, 0.29) is 67.8 Å². The molecule has 0 aliphatic carbocycles. The van der Waals surface area contributed by atoms with E-state index < -0.39 is 58.1 Å². The van der Waals surface area contributed by atoms with Crippen molar-refractivity contribution in [2.45, 2.75) is 82.8 Å². The monoisotopic (exact) mass is 1030 g/mol. The number of carbonyl (C=O) groups excluding carboxylic acids is 7. The predicted molar refractivity (Wildman–Crippen MR) is 272 cm³/mol. The third kappa shape index (κ3) is 11.2. The van der Waals surface area contributed by atoms with Crippen molar-refractivity contribution in [3.8, 4) is 23.0 Å². The quantitative estimate of drug-likeness (QED) is 0.0417. The Balaban J connectivity index is 1.05. The van der Waals surface area contributed by atoms with Crippen LogP contribution in [0, 0.1) is 5.92 Å². The molecule has 3 aliphatic heterocycles. The Morgan fingerprint density at radius 3 is 1.85 bits per heavy atom. The molecular formula is C54H53N5O12S2. The van der Waals surface area contributed by atoms with Gasteiger partial charge in [-0.05, 0) is 65.9 Å². The fourth-order valence-electron chi connectivity index (χ4n) is 8.75. The number of piperazine rings is 1. The summed E-state index contributed by atoms with van der Waals surface area (Å²) in [7, 11) is 0. The molecule has 0 bridgehead atoms. The van der Waals surface area contributed by atoms with Crippen molar-refractivity contribution in [3.05, 3.63) is 155 Å². The highest BCUT2D eigenvalue weighted by atomic mass is 32.2. The number of thioether (sulfide) groups is 1. The summed E-state index contributed by atoms with van der Waals surface area (Å²) in [5.41, 5.74) is 1.22. The lowest BCUT2D eigenvalue weighted by atomic mass is 9.86. The summed E-state index contributed by atoms with van der Waals surface area (Å²) in [4.78, 5) is 100. The number of urea groups is 1. The fraction of sp³-hybridized carbons (Fsp3) is 0.296. The zero-order valence-electron chi connectivity index (χ0n) is 40.7. The summed E-state index contributed by atoms with van der Waals surface area (Å²) in [6.07, 6.45) is 0. The van der Waals surface area contributed by atoms with Crippen molar-refractivity contribution >= 4 is 70.6 Å². The van der Waals surface area contributed by atoms with Crippen molar-refractivity contribution in [3.63, 3.8) is 0 Å². The molecule has 0 spiro atoms. The number of fused-ring (bicyclic) bond motifs is 1. The number of nitrogens with one attached hydrogen (secondary N) is 2. The van der Waals surface area contributed by atoms with Gasteiger partial charge in [-0.2, -0.15) is 0 Å². The minimum atomic E-state index is -1.94. The highest BCUT2D eigenvalue weighted by Gasteiger charge is 2.72. The van der Waals surface area contributed by atoms with Crippen molar-refractivity contribution in [1.82, 2.24) is 25.3 Å². The summed E-state index contributed by atoms with van der Waals surface area (Å²) in [6.45, 7) is 7.72. The molecule has 3 heterocycles. The smallest absolute Gasteiger partial charge is 0.355 e. The number of nitrogens with zero attached hydrogens (tertiary/aromatic N) is 3. The third-order valence-corrected chi connectivity index (χ3v) is 14.8. The van der Waals surface area contributed by atoms with Gasteiger partial charge in [-0.3, -0.25) is 28.9 Å². The minimum absolute atomic E-state index is 0.0203. The molecule has 0 saturated carbocycles. The number of rotatable bonds is 17. The zero-order chi connectivity index (χ0) is 52.0. The van der Waals surface area contributed by atoms with Crippen molar-refractivity contribution in [2.75, 3.05) is 13.1 Å². The van der Waals surface area contributed by atoms with E-state index in [1.165, 1.54) is 34.9 Å². The van der Waals surface area contributed by atoms with Crippen LogP contribution in [0.4, 0.5) is 4.79 Å². The SMILES string of the molecule is CC(=O)Oc1ccc(C(NC(=O)N2CCN(Cc3ccc(OCc4ccccc4)c(OCc4ccccc4)c3)C(=O)C2=O)C(=O)N[C@@]2(C(=O)OCc3ccccc3)N3C(=S)[C@@H](C)[C@H]3SC2(C)C)cc1OC(C)=O. The van der Waals surface area contributed by atoms with Gasteiger partial charge in [0.25, 0.3) is 0 Å².